The van der Waals surface area contributed by atoms with Crippen LogP contribution in [0.1, 0.15) is 62.6 Å². The lowest BCUT2D eigenvalue weighted by molar-refractivity contribution is -0.141. The summed E-state index contributed by atoms with van der Waals surface area (Å²) in [5.74, 6) is -1.68. The van der Waals surface area contributed by atoms with Crippen LogP contribution in [0, 0.1) is 12.8 Å². The predicted octanol–water partition coefficient (Wildman–Crippen LogP) is 3.47. The van der Waals surface area contributed by atoms with Crippen LogP contribution in [0.25, 0.3) is 0 Å². The monoisotopic (exact) mass is 793 g/mol. The molecule has 54 heavy (non-hydrogen) atoms. The molecule has 2 aromatic carbocycles. The smallest absolute Gasteiger partial charge is 0.469 e. The highest BCUT2D eigenvalue weighted by molar-refractivity contribution is 7.98. The summed E-state index contributed by atoms with van der Waals surface area (Å²) in [6.07, 6.45) is 3.52. The van der Waals surface area contributed by atoms with Crippen molar-refractivity contribution in [2.24, 2.45) is 17.4 Å². The SMILES string of the molecule is COC(=O)CCCCCN(C(=O)CNC(=O)[C@@H](CCSC)NC(=O)[C@@H](N)Cc1ccc(OC(=O)OCC(C)C)cc1C)[C@@H](Cc1ccccc1)C(N)=O.Cl. The van der Waals surface area contributed by atoms with E-state index in [-0.39, 0.29) is 63.1 Å². The van der Waals surface area contributed by atoms with Gasteiger partial charge in [0, 0.05) is 19.4 Å². The second kappa shape index (κ2) is 25.6. The molecule has 0 bridgehead atoms. The molecular weight excluding hydrogens is 738 g/mol. The molecule has 0 radical (unpaired) electrons. The zero-order valence-electron chi connectivity index (χ0n) is 31.8. The lowest BCUT2D eigenvalue weighted by Crippen LogP contribution is -2.55. The normalized spacial score (nSPS) is 12.4. The number of amides is 4. The molecular formula is C38H56ClN5O9S. The van der Waals surface area contributed by atoms with Gasteiger partial charge in [-0.15, -0.1) is 12.4 Å². The highest BCUT2D eigenvalue weighted by Crippen LogP contribution is 2.19. The van der Waals surface area contributed by atoms with E-state index in [2.05, 4.69) is 15.4 Å². The standard InChI is InChI=1S/C38H55N5O9S.ClH/c1-25(2)24-51-38(49)52-29-16-15-28(26(3)20-29)22-30(39)36(47)42-31(17-19-53-5)37(48)41-23-33(44)43(18-11-7-10-14-34(45)50-4)32(35(40)46)21-27-12-8-6-9-13-27;/h6,8-9,12-13,15-16,20,25,30-32H,7,10-11,14,17-19,21-24,39H2,1-5H3,(H2,40,46)(H,41,48)(H,42,47);1H/t30-,31+,32-;/m0./s1. The number of primary amides is 1. The Morgan fingerprint density at radius 3 is 2.26 bits per heavy atom. The number of thioether (sulfide) groups is 1. The Kier molecular flexibility index (Phi) is 22.6. The maximum atomic E-state index is 13.6. The van der Waals surface area contributed by atoms with Crippen molar-refractivity contribution in [1.29, 1.82) is 0 Å². The number of hydrogen-bond acceptors (Lipinski definition) is 11. The van der Waals surface area contributed by atoms with Gasteiger partial charge in [-0.1, -0.05) is 56.7 Å². The fraction of sp³-hybridized carbons (Fsp3) is 0.526. The molecule has 0 aliphatic rings. The van der Waals surface area contributed by atoms with E-state index in [4.69, 9.17) is 20.9 Å². The molecule has 0 aliphatic carbocycles. The fourth-order valence-electron chi connectivity index (χ4n) is 5.31. The van der Waals surface area contributed by atoms with Crippen LogP contribution in [0.2, 0.25) is 0 Å². The lowest BCUT2D eigenvalue weighted by atomic mass is 10.0. The van der Waals surface area contributed by atoms with Gasteiger partial charge in [-0.05, 0) is 79.4 Å². The van der Waals surface area contributed by atoms with Gasteiger partial charge in [0.25, 0.3) is 0 Å². The minimum Gasteiger partial charge on any atom is -0.469 e. The molecule has 0 unspecified atom stereocenters. The van der Waals surface area contributed by atoms with Crippen molar-refractivity contribution in [3.63, 3.8) is 0 Å². The summed E-state index contributed by atoms with van der Waals surface area (Å²) >= 11 is 1.49. The molecule has 0 fully saturated rings. The third-order valence-corrected chi connectivity index (χ3v) is 8.93. The Hall–Kier alpha value is -4.34. The Morgan fingerprint density at radius 1 is 0.944 bits per heavy atom. The second-order valence-corrected chi connectivity index (χ2v) is 14.1. The minimum absolute atomic E-state index is 0. The van der Waals surface area contributed by atoms with Crippen LogP contribution in [-0.4, -0.2) is 97.6 Å². The highest BCUT2D eigenvalue weighted by atomic mass is 35.5. The largest absolute Gasteiger partial charge is 0.513 e. The molecule has 16 heteroatoms. The van der Waals surface area contributed by atoms with Crippen LogP contribution in [0.15, 0.2) is 48.5 Å². The van der Waals surface area contributed by atoms with Crippen molar-refractivity contribution in [3.8, 4) is 5.75 Å². The van der Waals surface area contributed by atoms with E-state index in [0.29, 0.717) is 30.8 Å². The molecule has 14 nitrogen and oxygen atoms in total. The van der Waals surface area contributed by atoms with Crippen molar-refractivity contribution in [1.82, 2.24) is 15.5 Å². The first-order valence-electron chi connectivity index (χ1n) is 17.7. The summed E-state index contributed by atoms with van der Waals surface area (Å²) < 4.78 is 15.0. The molecule has 0 aromatic heterocycles. The number of benzene rings is 2. The van der Waals surface area contributed by atoms with Gasteiger partial charge in [0.15, 0.2) is 0 Å². The zero-order chi connectivity index (χ0) is 39.3. The number of esters is 1. The minimum atomic E-state index is -1.01. The van der Waals surface area contributed by atoms with Crippen LogP contribution in [0.5, 0.6) is 5.75 Å². The average molecular weight is 794 g/mol. The molecule has 0 aliphatic heterocycles. The van der Waals surface area contributed by atoms with Gasteiger partial charge in [0.1, 0.15) is 17.8 Å². The van der Waals surface area contributed by atoms with E-state index in [1.165, 1.54) is 23.8 Å². The van der Waals surface area contributed by atoms with Gasteiger partial charge in [-0.25, -0.2) is 4.79 Å². The summed E-state index contributed by atoms with van der Waals surface area (Å²) in [5, 5.41) is 5.36. The van der Waals surface area contributed by atoms with Gasteiger partial charge in [-0.2, -0.15) is 11.8 Å². The number of nitrogens with two attached hydrogens (primary N) is 2. The van der Waals surface area contributed by atoms with Crippen LogP contribution in [-0.2, 0) is 46.3 Å². The van der Waals surface area contributed by atoms with Gasteiger partial charge in [0.2, 0.25) is 23.6 Å². The first-order chi connectivity index (χ1) is 25.2. The summed E-state index contributed by atoms with van der Waals surface area (Å²) in [6, 6.07) is 11.1. The van der Waals surface area contributed by atoms with Crippen LogP contribution < -0.4 is 26.8 Å². The van der Waals surface area contributed by atoms with E-state index in [9.17, 15) is 28.8 Å². The molecule has 0 saturated heterocycles. The summed E-state index contributed by atoms with van der Waals surface area (Å²) in [5.41, 5.74) is 14.4. The summed E-state index contributed by atoms with van der Waals surface area (Å²) in [6.45, 7) is 5.59. The Morgan fingerprint density at radius 2 is 1.65 bits per heavy atom. The average Bonchev–Trinajstić information content (AvgIpc) is 3.13. The van der Waals surface area contributed by atoms with E-state index >= 15 is 0 Å². The third-order valence-electron chi connectivity index (χ3n) is 8.29. The Labute approximate surface area is 328 Å². The van der Waals surface area contributed by atoms with Crippen LogP contribution >= 0.6 is 24.2 Å². The maximum absolute atomic E-state index is 13.6. The van der Waals surface area contributed by atoms with Crippen molar-refractivity contribution >= 4 is 59.9 Å². The second-order valence-electron chi connectivity index (χ2n) is 13.1. The number of methoxy groups -OCH3 is 1. The lowest BCUT2D eigenvalue weighted by Gasteiger charge is -2.30. The molecule has 0 spiro atoms. The van der Waals surface area contributed by atoms with Crippen LogP contribution in [0.3, 0.4) is 0 Å². The highest BCUT2D eigenvalue weighted by Gasteiger charge is 2.30. The van der Waals surface area contributed by atoms with E-state index < -0.39 is 54.5 Å². The van der Waals surface area contributed by atoms with Crippen molar-refractivity contribution in [3.05, 3.63) is 65.2 Å². The molecule has 0 heterocycles. The number of halogens is 1. The van der Waals surface area contributed by atoms with Gasteiger partial charge >= 0.3 is 12.1 Å². The van der Waals surface area contributed by atoms with Gasteiger partial charge in [-0.3, -0.25) is 24.0 Å². The number of rotatable bonds is 23. The molecule has 4 amide bonds. The first kappa shape index (κ1) is 47.7. The molecule has 300 valence electrons. The molecule has 2 aromatic rings. The van der Waals surface area contributed by atoms with E-state index in [1.54, 1.807) is 25.1 Å². The Bertz CT molecular complexity index is 1520. The van der Waals surface area contributed by atoms with Crippen molar-refractivity contribution in [2.45, 2.75) is 83.8 Å². The maximum Gasteiger partial charge on any atom is 0.513 e. The molecule has 0 saturated carbocycles. The number of unbranched alkanes of at least 4 members (excludes halogenated alkanes) is 2. The number of nitrogens with one attached hydrogen (secondary N) is 2. The zero-order valence-corrected chi connectivity index (χ0v) is 33.4. The first-order valence-corrected chi connectivity index (χ1v) is 19.1. The summed E-state index contributed by atoms with van der Waals surface area (Å²) in [4.78, 5) is 77.8. The summed E-state index contributed by atoms with van der Waals surface area (Å²) in [7, 11) is 1.32. The quantitative estimate of drug-likeness (QED) is 0.0728. The number of aryl methyl sites for hydroxylation is 1. The van der Waals surface area contributed by atoms with Gasteiger partial charge < -0.3 is 41.2 Å². The molecule has 6 N–H and O–H groups in total. The van der Waals surface area contributed by atoms with E-state index in [0.717, 1.165) is 16.7 Å². The van der Waals surface area contributed by atoms with Crippen molar-refractivity contribution in [2.75, 3.05) is 38.8 Å². The van der Waals surface area contributed by atoms with Crippen molar-refractivity contribution < 1.29 is 43.0 Å². The molecule has 3 atom stereocenters. The topological polar surface area (TPSA) is 209 Å². The van der Waals surface area contributed by atoms with E-state index in [1.807, 2.05) is 50.4 Å². The van der Waals surface area contributed by atoms with Crippen LogP contribution in [0.4, 0.5) is 4.79 Å². The third kappa shape index (κ3) is 17.7. The number of carbonyl (C=O) groups is 6. The number of carbonyl (C=O) groups excluding carboxylic acids is 6. The van der Waals surface area contributed by atoms with Gasteiger partial charge in [0.05, 0.1) is 26.3 Å². The predicted molar refractivity (Wildman–Crippen MR) is 210 cm³/mol. The number of nitrogens with zero attached hydrogens (tertiary/aromatic N) is 1. The number of ether oxygens (including phenoxy) is 3. The number of hydrogen-bond donors (Lipinski definition) is 4. The Balaban J connectivity index is 0.0000146. The molecule has 2 rings (SSSR count). The fourth-order valence-corrected chi connectivity index (χ4v) is 5.78.